The third kappa shape index (κ3) is 2.99. The van der Waals surface area contributed by atoms with Crippen LogP contribution >= 0.6 is 15.9 Å². The monoisotopic (exact) mass is 333 g/mol. The molecule has 4 nitrogen and oxygen atoms in total. The smallest absolute Gasteiger partial charge is 0.257 e. The predicted octanol–water partition coefficient (Wildman–Crippen LogP) is 3.75. The van der Waals surface area contributed by atoms with Crippen molar-refractivity contribution in [1.82, 2.24) is 4.98 Å². The van der Waals surface area contributed by atoms with E-state index >= 15 is 0 Å². The van der Waals surface area contributed by atoms with Crippen molar-refractivity contribution >= 4 is 33.2 Å². The summed E-state index contributed by atoms with van der Waals surface area (Å²) >= 11 is 3.52. The van der Waals surface area contributed by atoms with Gasteiger partial charge in [-0.2, -0.15) is 0 Å². The zero-order valence-corrected chi connectivity index (χ0v) is 13.2. The first-order valence-corrected chi connectivity index (χ1v) is 7.02. The number of aromatic nitrogens is 1. The molecule has 5 heteroatoms. The van der Waals surface area contributed by atoms with E-state index in [1.807, 2.05) is 26.0 Å². The van der Waals surface area contributed by atoms with Crippen LogP contribution in [0.3, 0.4) is 0 Å². The first kappa shape index (κ1) is 14.5. The minimum absolute atomic E-state index is 0.155. The molecule has 2 N–H and O–H groups in total. The average Bonchev–Trinajstić information content (AvgIpc) is 2.44. The summed E-state index contributed by atoms with van der Waals surface area (Å²) in [6.07, 6.45) is 3.24. The second-order valence-electron chi connectivity index (χ2n) is 4.55. The molecule has 1 amide bonds. The Balaban J connectivity index is 2.28. The fourth-order valence-corrected chi connectivity index (χ4v) is 2.24. The summed E-state index contributed by atoms with van der Waals surface area (Å²) in [4.78, 5) is 16.3. The molecule has 0 bridgehead atoms. The quantitative estimate of drug-likeness (QED) is 0.899. The first-order valence-electron chi connectivity index (χ1n) is 6.22. The summed E-state index contributed by atoms with van der Waals surface area (Å²) < 4.78 is 1.07. The van der Waals surface area contributed by atoms with Crippen LogP contribution < -0.4 is 10.6 Å². The third-order valence-electron chi connectivity index (χ3n) is 3.03. The van der Waals surface area contributed by atoms with Crippen molar-refractivity contribution in [2.75, 3.05) is 17.7 Å². The number of anilines is 2. The van der Waals surface area contributed by atoms with Crippen LogP contribution in [0.15, 0.2) is 35.1 Å². The van der Waals surface area contributed by atoms with Crippen molar-refractivity contribution in [3.8, 4) is 0 Å². The zero-order valence-electron chi connectivity index (χ0n) is 11.6. The summed E-state index contributed by atoms with van der Waals surface area (Å²) in [6, 6.07) is 5.57. The van der Waals surface area contributed by atoms with E-state index < -0.39 is 0 Å². The van der Waals surface area contributed by atoms with Gasteiger partial charge in [-0.25, -0.2) is 0 Å². The Morgan fingerprint density at radius 2 is 1.90 bits per heavy atom. The molecule has 0 saturated heterocycles. The van der Waals surface area contributed by atoms with Crippen molar-refractivity contribution < 1.29 is 4.79 Å². The summed E-state index contributed by atoms with van der Waals surface area (Å²) in [6.45, 7) is 4.00. The molecular weight excluding hydrogens is 318 g/mol. The minimum Gasteiger partial charge on any atom is -0.386 e. The Morgan fingerprint density at radius 3 is 2.50 bits per heavy atom. The van der Waals surface area contributed by atoms with Gasteiger partial charge in [-0.3, -0.25) is 9.78 Å². The van der Waals surface area contributed by atoms with Crippen LogP contribution in [0.5, 0.6) is 0 Å². The molecule has 0 atom stereocenters. The van der Waals surface area contributed by atoms with Crippen LogP contribution in [0.4, 0.5) is 11.4 Å². The van der Waals surface area contributed by atoms with E-state index in [9.17, 15) is 4.79 Å². The van der Waals surface area contributed by atoms with Crippen molar-refractivity contribution in [1.29, 1.82) is 0 Å². The van der Waals surface area contributed by atoms with Gasteiger partial charge in [-0.1, -0.05) is 15.9 Å². The molecule has 1 aromatic heterocycles. The number of nitrogens with zero attached hydrogens (tertiary/aromatic N) is 1. The molecule has 0 unspecified atom stereocenters. The number of carbonyl (C=O) groups excluding carboxylic acids is 1. The molecule has 1 heterocycles. The fraction of sp³-hybridized carbons (Fsp3) is 0.200. The number of hydrogen-bond donors (Lipinski definition) is 2. The number of halogens is 1. The van der Waals surface area contributed by atoms with Crippen molar-refractivity contribution in [2.45, 2.75) is 13.8 Å². The molecule has 0 aliphatic carbocycles. The zero-order chi connectivity index (χ0) is 14.7. The Morgan fingerprint density at radius 1 is 1.25 bits per heavy atom. The topological polar surface area (TPSA) is 54.0 Å². The lowest BCUT2D eigenvalue weighted by Crippen LogP contribution is -2.14. The molecule has 2 aromatic rings. The molecule has 20 heavy (non-hydrogen) atoms. The van der Waals surface area contributed by atoms with E-state index in [1.165, 1.54) is 0 Å². The molecule has 0 fully saturated rings. The van der Waals surface area contributed by atoms with E-state index in [2.05, 4.69) is 31.5 Å². The highest BCUT2D eigenvalue weighted by molar-refractivity contribution is 9.10. The molecule has 0 saturated carbocycles. The lowest BCUT2D eigenvalue weighted by Gasteiger charge is -2.11. The van der Waals surface area contributed by atoms with Gasteiger partial charge in [0.15, 0.2) is 0 Å². The van der Waals surface area contributed by atoms with E-state index in [4.69, 9.17) is 0 Å². The average molecular weight is 334 g/mol. The van der Waals surface area contributed by atoms with E-state index in [0.717, 1.165) is 21.3 Å². The number of benzene rings is 1. The minimum atomic E-state index is -0.155. The molecule has 1 aromatic carbocycles. The van der Waals surface area contributed by atoms with Gasteiger partial charge < -0.3 is 10.6 Å². The maximum absolute atomic E-state index is 12.3. The highest BCUT2D eigenvalue weighted by Crippen LogP contribution is 2.25. The van der Waals surface area contributed by atoms with Gasteiger partial charge in [-0.15, -0.1) is 0 Å². The largest absolute Gasteiger partial charge is 0.386 e. The lowest BCUT2D eigenvalue weighted by molar-refractivity contribution is 0.102. The number of rotatable bonds is 3. The van der Waals surface area contributed by atoms with Gasteiger partial charge >= 0.3 is 0 Å². The van der Waals surface area contributed by atoms with Crippen molar-refractivity contribution in [2.24, 2.45) is 0 Å². The van der Waals surface area contributed by atoms with Crippen molar-refractivity contribution in [3.63, 3.8) is 0 Å². The molecule has 0 spiro atoms. The molecule has 0 radical (unpaired) electrons. The number of carbonyl (C=O) groups is 1. The standard InChI is InChI=1S/C15H16BrN3O/c1-9-6-11(7-10(2)14(9)16)19-15(20)12-4-5-18-8-13(12)17-3/h4-8,17H,1-3H3,(H,19,20). The Hall–Kier alpha value is -1.88. The van der Waals surface area contributed by atoms with Crippen molar-refractivity contribution in [3.05, 3.63) is 51.8 Å². The number of hydrogen-bond acceptors (Lipinski definition) is 3. The number of pyridine rings is 1. The van der Waals surface area contributed by atoms with Crippen LogP contribution in [0, 0.1) is 13.8 Å². The Labute approximate surface area is 126 Å². The second-order valence-corrected chi connectivity index (χ2v) is 5.34. The fourth-order valence-electron chi connectivity index (χ4n) is 2.01. The highest BCUT2D eigenvalue weighted by atomic mass is 79.9. The van der Waals surface area contributed by atoms with E-state index in [-0.39, 0.29) is 5.91 Å². The van der Waals surface area contributed by atoms with Gasteiger partial charge in [0.05, 0.1) is 17.4 Å². The summed E-state index contributed by atoms with van der Waals surface area (Å²) in [5, 5.41) is 5.88. The van der Waals surface area contributed by atoms with Crippen LogP contribution in [0.2, 0.25) is 0 Å². The van der Waals surface area contributed by atoms with Gasteiger partial charge in [0.1, 0.15) is 0 Å². The van der Waals surface area contributed by atoms with Gasteiger partial charge in [-0.05, 0) is 43.2 Å². The molecule has 0 aliphatic heterocycles. The summed E-state index contributed by atoms with van der Waals surface area (Å²) in [7, 11) is 1.77. The SMILES string of the molecule is CNc1cnccc1C(=O)Nc1cc(C)c(Br)c(C)c1. The van der Waals surface area contributed by atoms with E-state index in [0.29, 0.717) is 11.3 Å². The lowest BCUT2D eigenvalue weighted by atomic mass is 10.1. The highest BCUT2D eigenvalue weighted by Gasteiger charge is 2.11. The molecule has 104 valence electrons. The Kier molecular flexibility index (Phi) is 4.39. The van der Waals surface area contributed by atoms with Gasteiger partial charge in [0, 0.05) is 23.4 Å². The van der Waals surface area contributed by atoms with Crippen LogP contribution in [0.25, 0.3) is 0 Å². The predicted molar refractivity (Wildman–Crippen MR) is 85.4 cm³/mol. The number of amides is 1. The number of nitrogens with one attached hydrogen (secondary N) is 2. The maximum atomic E-state index is 12.3. The maximum Gasteiger partial charge on any atom is 0.257 e. The summed E-state index contributed by atoms with van der Waals surface area (Å²) in [5.41, 5.74) is 4.23. The molecule has 2 rings (SSSR count). The second kappa shape index (κ2) is 6.05. The number of aryl methyl sites for hydroxylation is 2. The molecular formula is C15H16BrN3O. The third-order valence-corrected chi connectivity index (χ3v) is 4.28. The van der Waals surface area contributed by atoms with Crippen LogP contribution in [0.1, 0.15) is 21.5 Å². The summed E-state index contributed by atoms with van der Waals surface area (Å²) in [5.74, 6) is -0.155. The van der Waals surface area contributed by atoms with Gasteiger partial charge in [0.25, 0.3) is 5.91 Å². The van der Waals surface area contributed by atoms with E-state index in [1.54, 1.807) is 25.5 Å². The molecule has 0 aliphatic rings. The van der Waals surface area contributed by atoms with Crippen LogP contribution in [-0.2, 0) is 0 Å². The van der Waals surface area contributed by atoms with Crippen LogP contribution in [-0.4, -0.2) is 17.9 Å². The Bertz CT molecular complexity index is 632. The van der Waals surface area contributed by atoms with Gasteiger partial charge in [0.2, 0.25) is 0 Å². The normalized spacial score (nSPS) is 10.2. The first-order chi connectivity index (χ1) is 9.52.